The van der Waals surface area contributed by atoms with Crippen LogP contribution in [-0.2, 0) is 61.2 Å². The van der Waals surface area contributed by atoms with Crippen molar-refractivity contribution in [1.29, 1.82) is 0 Å². The molecule has 3 fully saturated rings. The number of aliphatic hydroxyl groups is 10. The number of carbonyl (C=O) groups excluding carboxylic acids is 3. The second kappa shape index (κ2) is 56.7. The van der Waals surface area contributed by atoms with Gasteiger partial charge in [0.15, 0.2) is 18.7 Å². The number of esters is 3. The van der Waals surface area contributed by atoms with Crippen LogP contribution in [0.3, 0.4) is 0 Å². The Morgan fingerprint density at radius 3 is 1.10 bits per heavy atom. The van der Waals surface area contributed by atoms with E-state index in [1.165, 1.54) is 135 Å². The van der Waals surface area contributed by atoms with E-state index in [1.54, 1.807) is 0 Å². The molecule has 18 unspecified atom stereocenters. The van der Waals surface area contributed by atoms with Gasteiger partial charge in [0.2, 0.25) is 0 Å². The zero-order valence-electron chi connectivity index (χ0n) is 61.2. The van der Waals surface area contributed by atoms with Crippen LogP contribution in [0.4, 0.5) is 0 Å². The number of phosphoric ester groups is 1. The van der Waals surface area contributed by atoms with E-state index in [2.05, 4.69) is 45.1 Å². The minimum atomic E-state index is -5.70. The van der Waals surface area contributed by atoms with Gasteiger partial charge in [-0.05, 0) is 70.6 Å². The quantitative estimate of drug-likeness (QED) is 0.00886. The Morgan fingerprint density at radius 1 is 0.380 bits per heavy atom. The van der Waals surface area contributed by atoms with Crippen molar-refractivity contribution in [2.45, 2.75) is 407 Å². The number of hydrogen-bond donors (Lipinski definition) is 11. The van der Waals surface area contributed by atoms with Gasteiger partial charge in [-0.15, -0.1) is 0 Å². The fraction of sp³-hybridized carbons (Fsp3) is 0.907. The molecule has 2 aliphatic heterocycles. The number of aliphatic hydroxyl groups excluding tert-OH is 10. The molecule has 2 heterocycles. The number of allylic oxidation sites excluding steroid dienone is 4. The predicted octanol–water partition coefficient (Wildman–Crippen LogP) is 11.3. The van der Waals surface area contributed by atoms with Crippen molar-refractivity contribution in [2.24, 2.45) is 0 Å². The minimum absolute atomic E-state index is 0.0230. The highest BCUT2D eigenvalue weighted by Gasteiger charge is 2.58. The SMILES string of the molecule is CCCCCC/C=C\CCCCCCCCCC(=O)OCC1OC(OC2C(O)C(O)C(O)C(OC3OC(CO)C(O)C(O)C3O)C2OP(=O)(O)OCC(COC(=O)CCCCCCCCCCCCCCCCCCC)OC(=O)CCCCC/C=C\CCCCCCCC)C(O)C(O)C1O. The third kappa shape index (κ3) is 39.2. The van der Waals surface area contributed by atoms with E-state index < -0.39 is 156 Å². The molecule has 3 aliphatic rings. The molecule has 0 aromatic carbocycles. The number of phosphoric acid groups is 1. The minimum Gasteiger partial charge on any atom is -0.463 e. The predicted molar refractivity (Wildman–Crippen MR) is 379 cm³/mol. The third-order valence-electron chi connectivity index (χ3n) is 19.2. The molecule has 25 heteroatoms. The van der Waals surface area contributed by atoms with Gasteiger partial charge in [-0.3, -0.25) is 23.4 Å². The van der Waals surface area contributed by atoms with Crippen LogP contribution in [0.1, 0.15) is 303 Å². The topological polar surface area (TPSA) is 374 Å². The number of hydrogen-bond acceptors (Lipinski definition) is 23. The molecule has 18 atom stereocenters. The van der Waals surface area contributed by atoms with Crippen molar-refractivity contribution in [2.75, 3.05) is 26.4 Å². The standard InChI is InChI=1S/C75H137O24P/c1-4-7-10-13-16-19-22-25-27-28-30-33-34-37-40-43-46-49-59(77)91-53-56(94-61(79)51-48-45-42-39-36-31-24-21-18-15-12-9-6-3)54-93-100(89,90)99-73-71(97-74-69(87)64(82)62(80)57(52-76)95-74)67(85)66(84)68(86)72(73)98-75-70(88)65(83)63(81)58(96-75)55-92-60(78)50-47-44-41-38-35-32-29-26-23-20-17-14-11-8-5-2/h20,23,31,36,56-58,62-76,80-88H,4-19,21-22,24-30,32-35,37-55H2,1-3H3,(H,89,90)/b23-20-,36-31-. The van der Waals surface area contributed by atoms with Gasteiger partial charge < -0.3 is 89.1 Å². The van der Waals surface area contributed by atoms with Gasteiger partial charge in [0.1, 0.15) is 98.7 Å². The zero-order valence-corrected chi connectivity index (χ0v) is 62.1. The molecule has 11 N–H and O–H groups in total. The molecule has 100 heavy (non-hydrogen) atoms. The first-order valence-electron chi connectivity index (χ1n) is 39.1. The van der Waals surface area contributed by atoms with Gasteiger partial charge in [-0.2, -0.15) is 0 Å². The van der Waals surface area contributed by atoms with E-state index in [1.807, 2.05) is 0 Å². The van der Waals surface area contributed by atoms with E-state index in [9.17, 15) is 74.9 Å². The summed E-state index contributed by atoms with van der Waals surface area (Å²) in [6.07, 6.45) is 18.0. The lowest BCUT2D eigenvalue weighted by Crippen LogP contribution is -2.69. The summed E-state index contributed by atoms with van der Waals surface area (Å²) in [5, 5.41) is 110. The maximum absolute atomic E-state index is 14.3. The molecule has 0 radical (unpaired) electrons. The van der Waals surface area contributed by atoms with Gasteiger partial charge >= 0.3 is 25.7 Å². The summed E-state index contributed by atoms with van der Waals surface area (Å²) >= 11 is 0. The molecule has 2 saturated heterocycles. The largest absolute Gasteiger partial charge is 0.472 e. The van der Waals surface area contributed by atoms with Gasteiger partial charge in [0.25, 0.3) is 0 Å². The molecule has 0 aromatic rings. The fourth-order valence-corrected chi connectivity index (χ4v) is 13.8. The van der Waals surface area contributed by atoms with Crippen LogP contribution in [-0.4, -0.2) is 204 Å². The summed E-state index contributed by atoms with van der Waals surface area (Å²) < 4.78 is 65.1. The Kier molecular flexibility index (Phi) is 52.0. The smallest absolute Gasteiger partial charge is 0.463 e. The van der Waals surface area contributed by atoms with Gasteiger partial charge in [0, 0.05) is 19.3 Å². The van der Waals surface area contributed by atoms with Gasteiger partial charge in [0.05, 0.1) is 13.2 Å². The van der Waals surface area contributed by atoms with Crippen LogP contribution in [0.2, 0.25) is 0 Å². The van der Waals surface area contributed by atoms with E-state index in [0.29, 0.717) is 25.7 Å². The molecule has 1 saturated carbocycles. The summed E-state index contributed by atoms with van der Waals surface area (Å²) in [5.74, 6) is -2.01. The van der Waals surface area contributed by atoms with Crippen molar-refractivity contribution < 1.29 is 117 Å². The first-order valence-corrected chi connectivity index (χ1v) is 40.6. The van der Waals surface area contributed by atoms with Crippen molar-refractivity contribution in [1.82, 2.24) is 0 Å². The molecule has 24 nitrogen and oxygen atoms in total. The molecule has 586 valence electrons. The molecule has 0 bridgehead atoms. The highest BCUT2D eigenvalue weighted by molar-refractivity contribution is 7.47. The molecule has 0 amide bonds. The summed E-state index contributed by atoms with van der Waals surface area (Å²) in [6.45, 7) is 3.43. The van der Waals surface area contributed by atoms with Crippen molar-refractivity contribution in [3.05, 3.63) is 24.3 Å². The number of unbranched alkanes of at least 4 members (excludes halogenated alkanes) is 36. The lowest BCUT2D eigenvalue weighted by molar-refractivity contribution is -0.360. The number of ether oxygens (including phenoxy) is 7. The molecule has 1 aliphatic carbocycles. The fourth-order valence-electron chi connectivity index (χ4n) is 12.8. The van der Waals surface area contributed by atoms with E-state index in [-0.39, 0.29) is 19.3 Å². The molecular formula is C75H137O24P. The highest BCUT2D eigenvalue weighted by atomic mass is 31.2. The van der Waals surface area contributed by atoms with Crippen LogP contribution < -0.4 is 0 Å². The molecular weight excluding hydrogens is 1320 g/mol. The molecule has 0 aromatic heterocycles. The van der Waals surface area contributed by atoms with Crippen LogP contribution >= 0.6 is 7.82 Å². The van der Waals surface area contributed by atoms with Crippen molar-refractivity contribution >= 4 is 25.7 Å². The van der Waals surface area contributed by atoms with Gasteiger partial charge in [-0.25, -0.2) is 4.57 Å². The Hall–Kier alpha value is -2.56. The summed E-state index contributed by atoms with van der Waals surface area (Å²) in [4.78, 5) is 51.0. The Balaban J connectivity index is 1.71. The maximum atomic E-state index is 14.3. The van der Waals surface area contributed by atoms with Crippen molar-refractivity contribution in [3.8, 4) is 0 Å². The first kappa shape index (κ1) is 91.6. The van der Waals surface area contributed by atoms with Crippen LogP contribution in [0.25, 0.3) is 0 Å². The van der Waals surface area contributed by atoms with E-state index in [4.69, 9.17) is 42.2 Å². The van der Waals surface area contributed by atoms with Gasteiger partial charge in [-0.1, -0.05) is 238 Å². The average Bonchev–Trinajstić information content (AvgIpc) is 0.765. The highest BCUT2D eigenvalue weighted by Crippen LogP contribution is 2.49. The first-order chi connectivity index (χ1) is 48.3. The Labute approximate surface area is 598 Å². The van der Waals surface area contributed by atoms with E-state index in [0.717, 1.165) is 103 Å². The number of rotatable bonds is 61. The molecule has 0 spiro atoms. The second-order valence-corrected chi connectivity index (χ2v) is 29.5. The van der Waals surface area contributed by atoms with Crippen LogP contribution in [0.5, 0.6) is 0 Å². The van der Waals surface area contributed by atoms with Crippen molar-refractivity contribution in [3.63, 3.8) is 0 Å². The average molecular weight is 1450 g/mol. The Morgan fingerprint density at radius 2 is 0.700 bits per heavy atom. The Bertz CT molecular complexity index is 2160. The normalized spacial score (nSPS) is 27.4. The monoisotopic (exact) mass is 1450 g/mol. The number of carbonyl (C=O) groups is 3. The van der Waals surface area contributed by atoms with E-state index >= 15 is 0 Å². The summed E-state index contributed by atoms with van der Waals surface area (Å²) in [7, 11) is -5.70. The summed E-state index contributed by atoms with van der Waals surface area (Å²) in [5.41, 5.74) is 0. The lowest BCUT2D eigenvalue weighted by atomic mass is 9.84. The second-order valence-electron chi connectivity index (χ2n) is 28.1. The summed E-state index contributed by atoms with van der Waals surface area (Å²) in [6, 6.07) is 0. The zero-order chi connectivity index (χ0) is 73.2. The van der Waals surface area contributed by atoms with Crippen LogP contribution in [0.15, 0.2) is 24.3 Å². The lowest BCUT2D eigenvalue weighted by Gasteiger charge is -2.49. The van der Waals surface area contributed by atoms with Crippen LogP contribution in [0, 0.1) is 0 Å². The maximum Gasteiger partial charge on any atom is 0.472 e. The molecule has 3 rings (SSSR count). The third-order valence-corrected chi connectivity index (χ3v) is 20.2.